The minimum atomic E-state index is -0.852. The van der Waals surface area contributed by atoms with Crippen molar-refractivity contribution in [2.45, 2.75) is 58.8 Å². The van der Waals surface area contributed by atoms with Gasteiger partial charge in [0.15, 0.2) is 0 Å². The number of rotatable bonds is 16. The summed E-state index contributed by atoms with van der Waals surface area (Å²) in [4.78, 5) is 99.3. The topological polar surface area (TPSA) is 465 Å². The first-order valence-corrected chi connectivity index (χ1v) is 39.7. The van der Waals surface area contributed by atoms with Gasteiger partial charge in [-0.25, -0.2) is 72.4 Å². The third-order valence-corrected chi connectivity index (χ3v) is 21.3. The van der Waals surface area contributed by atoms with Gasteiger partial charge < -0.3 is 67.1 Å². The number of hydrogen-bond acceptors (Lipinski definition) is 24. The molecule has 0 spiro atoms. The standard InChI is InChI=1S/C23H20ClN7O.C22H16ClF2N7O.C22H17ClFN7O.C22H18ClN7O/c1-12-7-4-5-10-16(12)31-17(11-14-8-6-9-15(24)18(14)22(31)32)13(2)28-21-19(27-3)20(25)29-23(26)30-21;1-10(29-20-18(28-2)19(26)30-22(27)31-20)16-6-11-4-3-5-15(23)17(11)21(33)32(16)14-8-12(24)7-13(25)9-14;1-11(28-20-18(27-2)19(25)29-22(26)30-20)16-10-12-4-3-5-15(23)17(12)21(32)31(16)14-8-6-13(24)7-9-14;1-12(27-20-18(26-2)19(24)28-22(25)29-20)16-11-13-7-6-10-15(23)17(13)21(31)30(16)14-8-4-3-5-9-14/h4-11,13H,1-2H3,(H5,25,26,28,29,30);3-10H,1H3,(H5,26,27,29,30,31);3-11H,1H3,(H5,25,26,28,29,30);3-12H,1H3,(H5,24,25,27,28,29)/t13-;10-;11-;12-/m0000/s1. The molecular weight excluding hydrogens is 1720 g/mol. The summed E-state index contributed by atoms with van der Waals surface area (Å²) in [5, 5.41) is 17.7. The highest BCUT2D eigenvalue weighted by atomic mass is 35.5. The molecule has 0 aliphatic rings. The Bertz CT molecular complexity index is 7570. The number of benzene rings is 8. The van der Waals surface area contributed by atoms with Crippen LogP contribution in [0.3, 0.4) is 0 Å². The van der Waals surface area contributed by atoms with E-state index >= 15 is 0 Å². The molecule has 0 fully saturated rings. The van der Waals surface area contributed by atoms with Crippen molar-refractivity contribution in [1.29, 1.82) is 0 Å². The van der Waals surface area contributed by atoms with Gasteiger partial charge in [0.05, 0.1) is 103 Å². The predicted molar refractivity (Wildman–Crippen MR) is 499 cm³/mol. The fraction of sp³-hybridized carbons (Fsp3) is 0.101. The number of fused-ring (bicyclic) bond motifs is 4. The zero-order chi connectivity index (χ0) is 92.0. The quantitative estimate of drug-likeness (QED) is 0.0400. The first-order chi connectivity index (χ1) is 61.2. The number of para-hydroxylation sites is 2. The lowest BCUT2D eigenvalue weighted by atomic mass is 10.1. The van der Waals surface area contributed by atoms with Crippen LogP contribution in [-0.4, -0.2) is 58.1 Å². The van der Waals surface area contributed by atoms with Crippen molar-refractivity contribution in [3.8, 4) is 22.7 Å². The molecule has 128 heavy (non-hydrogen) atoms. The molecule has 0 aliphatic heterocycles. The molecule has 0 radical (unpaired) electrons. The second kappa shape index (κ2) is 37.6. The molecule has 0 aliphatic carbocycles. The van der Waals surface area contributed by atoms with Crippen molar-refractivity contribution in [2.75, 3.05) is 67.1 Å². The van der Waals surface area contributed by atoms with E-state index in [-0.39, 0.29) is 126 Å². The number of nitrogens with zero attached hydrogens (tertiary/aromatic N) is 16. The highest BCUT2D eigenvalue weighted by Crippen LogP contribution is 2.40. The molecule has 8 aromatic heterocycles. The van der Waals surface area contributed by atoms with E-state index in [1.165, 1.54) is 28.8 Å². The molecule has 8 heterocycles. The van der Waals surface area contributed by atoms with Crippen LogP contribution >= 0.6 is 46.4 Å². The molecule has 39 heteroatoms. The molecule has 32 nitrogen and oxygen atoms in total. The van der Waals surface area contributed by atoms with E-state index in [1.807, 2.05) is 99.6 Å². The van der Waals surface area contributed by atoms with Gasteiger partial charge in [-0.1, -0.05) is 131 Å². The van der Waals surface area contributed by atoms with Gasteiger partial charge in [0.1, 0.15) is 64.0 Å². The van der Waals surface area contributed by atoms with Crippen molar-refractivity contribution < 1.29 is 13.2 Å². The summed E-state index contributed by atoms with van der Waals surface area (Å²) in [6, 6.07) is 51.0. The maximum Gasteiger partial charge on any atom is 0.268 e. The molecule has 4 atom stereocenters. The van der Waals surface area contributed by atoms with Crippen LogP contribution < -0.4 is 89.4 Å². The van der Waals surface area contributed by atoms with Gasteiger partial charge in [0.2, 0.25) is 23.8 Å². The highest BCUT2D eigenvalue weighted by molar-refractivity contribution is 6.37. The first-order valence-electron chi connectivity index (χ1n) is 38.2. The van der Waals surface area contributed by atoms with E-state index in [2.05, 4.69) is 80.5 Å². The van der Waals surface area contributed by atoms with E-state index in [0.29, 0.717) is 93.0 Å². The highest BCUT2D eigenvalue weighted by Gasteiger charge is 2.28. The molecule has 16 rings (SSSR count). The third-order valence-electron chi connectivity index (χ3n) is 20.0. The van der Waals surface area contributed by atoms with E-state index in [9.17, 15) is 32.3 Å². The van der Waals surface area contributed by atoms with Crippen molar-refractivity contribution in [3.05, 3.63) is 347 Å². The first kappa shape index (κ1) is 89.2. The van der Waals surface area contributed by atoms with E-state index in [0.717, 1.165) is 28.0 Å². The monoisotopic (exact) mass is 1790 g/mol. The maximum absolute atomic E-state index is 14.0. The summed E-state index contributed by atoms with van der Waals surface area (Å²) in [7, 11) is 0. The minimum Gasteiger partial charge on any atom is -0.392 e. The Balaban J connectivity index is 0.000000146. The predicted octanol–water partition coefficient (Wildman–Crippen LogP) is 18.0. The van der Waals surface area contributed by atoms with Gasteiger partial charge in [-0.2, -0.15) is 0 Å². The van der Waals surface area contributed by atoms with Gasteiger partial charge in [-0.15, -0.1) is 0 Å². The summed E-state index contributed by atoms with van der Waals surface area (Å²) >= 11 is 25.3. The largest absolute Gasteiger partial charge is 0.392 e. The number of aryl methyl sites for hydroxylation is 1. The average Bonchev–Trinajstić information content (AvgIpc) is 0.763. The Kier molecular flexibility index (Phi) is 26.2. The summed E-state index contributed by atoms with van der Waals surface area (Å²) in [6.45, 7) is 38.7. The number of pyridine rings is 4. The molecule has 0 saturated carbocycles. The Morgan fingerprint density at radius 3 is 0.898 bits per heavy atom. The average molecular weight is 1800 g/mol. The summed E-state index contributed by atoms with van der Waals surface area (Å²) in [5.74, 6) is -2.06. The van der Waals surface area contributed by atoms with Crippen molar-refractivity contribution in [3.63, 3.8) is 0 Å². The lowest BCUT2D eigenvalue weighted by Gasteiger charge is -2.23. The van der Waals surface area contributed by atoms with Crippen LogP contribution in [0.2, 0.25) is 20.1 Å². The molecule has 640 valence electrons. The lowest BCUT2D eigenvalue weighted by molar-refractivity contribution is 0.580. The van der Waals surface area contributed by atoms with Crippen LogP contribution in [0.15, 0.2) is 213 Å². The zero-order valence-electron chi connectivity index (χ0n) is 67.8. The lowest BCUT2D eigenvalue weighted by Crippen LogP contribution is -2.26. The normalized spacial score (nSPS) is 11.8. The van der Waals surface area contributed by atoms with Crippen LogP contribution in [0.4, 0.5) is 106 Å². The molecule has 0 amide bonds. The number of halogens is 7. The number of nitrogen functional groups attached to an aromatic ring is 8. The van der Waals surface area contributed by atoms with Crippen LogP contribution in [0, 0.1) is 50.7 Å². The number of nitrogens with two attached hydrogens (primary N) is 8. The molecule has 0 unspecified atom stereocenters. The summed E-state index contributed by atoms with van der Waals surface area (Å²) in [6.07, 6.45) is 0. The van der Waals surface area contributed by atoms with Gasteiger partial charge in [-0.3, -0.25) is 37.4 Å². The van der Waals surface area contributed by atoms with Crippen molar-refractivity contribution >= 4 is 183 Å². The molecule has 0 saturated heterocycles. The smallest absolute Gasteiger partial charge is 0.268 e. The van der Waals surface area contributed by atoms with E-state index in [1.54, 1.807) is 95.8 Å². The second-order valence-electron chi connectivity index (χ2n) is 28.4. The van der Waals surface area contributed by atoms with Gasteiger partial charge in [0.25, 0.3) is 45.0 Å². The number of nitrogens with one attached hydrogen (secondary N) is 4. The van der Waals surface area contributed by atoms with E-state index < -0.39 is 47.2 Å². The van der Waals surface area contributed by atoms with Crippen LogP contribution in [-0.2, 0) is 0 Å². The molecule has 20 N–H and O–H groups in total. The molecule has 0 bridgehead atoms. The minimum absolute atomic E-state index is 0.0104. The zero-order valence-corrected chi connectivity index (χ0v) is 70.9. The maximum atomic E-state index is 14.0. The Morgan fingerprint density at radius 1 is 0.320 bits per heavy atom. The Hall–Kier alpha value is -16.6. The molecular formula is C89H71Cl4F3N28O4. The number of aromatic nitrogens is 12. The van der Waals surface area contributed by atoms with Gasteiger partial charge >= 0.3 is 0 Å². The molecule has 8 aromatic carbocycles. The van der Waals surface area contributed by atoms with Crippen LogP contribution in [0.5, 0.6) is 0 Å². The summed E-state index contributed by atoms with van der Waals surface area (Å²) in [5.41, 5.74) is 49.7. The summed E-state index contributed by atoms with van der Waals surface area (Å²) < 4.78 is 47.4. The number of hydrogen-bond donors (Lipinski definition) is 12. The molecule has 16 aromatic rings. The van der Waals surface area contributed by atoms with Gasteiger partial charge in [-0.05, 0) is 165 Å². The SMILES string of the molecule is [C-]#[N+]c1c(N)nc(N)nc1N[C@@H](C)c1cc2cccc(Cl)c2c(=O)n1-c1cc(F)cc(F)c1.[C-]#[N+]c1c(N)nc(N)nc1N[C@@H](C)c1cc2cccc(Cl)c2c(=O)n1-c1ccc(F)cc1.[C-]#[N+]c1c(N)nc(N)nc1N[C@@H](C)c1cc2cccc(Cl)c2c(=O)n1-c1ccccc1.[C-]#[N+]c1c(N)nc(N)nc1N[C@@H](C)c1cc2cccc(Cl)c2c(=O)n1-c1ccccc1C. The Morgan fingerprint density at radius 2 is 0.594 bits per heavy atom. The van der Waals surface area contributed by atoms with Crippen LogP contribution in [0.1, 0.15) is 80.2 Å². The van der Waals surface area contributed by atoms with Crippen molar-refractivity contribution in [1.82, 2.24) is 58.1 Å². The van der Waals surface area contributed by atoms with Gasteiger partial charge in [0, 0.05) is 40.2 Å². The fourth-order valence-corrected chi connectivity index (χ4v) is 15.3. The fourth-order valence-electron chi connectivity index (χ4n) is 14.3. The second-order valence-corrected chi connectivity index (χ2v) is 30.1. The van der Waals surface area contributed by atoms with Crippen LogP contribution in [0.25, 0.3) is 85.2 Å². The van der Waals surface area contributed by atoms with Crippen molar-refractivity contribution in [2.24, 2.45) is 0 Å². The van der Waals surface area contributed by atoms with E-state index in [4.69, 9.17) is 119 Å². The third kappa shape index (κ3) is 18.4. The Labute approximate surface area is 745 Å². The number of anilines is 12.